The number of carbonyl (C=O) groups is 4. The van der Waals surface area contributed by atoms with Crippen molar-refractivity contribution in [3.05, 3.63) is 76.7 Å². The molecular weight excluding hydrogens is 592 g/mol. The summed E-state index contributed by atoms with van der Waals surface area (Å²) in [7, 11) is 1.59. The van der Waals surface area contributed by atoms with Crippen molar-refractivity contribution in [3.63, 3.8) is 0 Å². The van der Waals surface area contributed by atoms with E-state index in [0.29, 0.717) is 25.3 Å². The molecule has 1 aliphatic carbocycles. The number of hydrogen-bond donors (Lipinski definition) is 1. The van der Waals surface area contributed by atoms with Crippen LogP contribution in [-0.2, 0) is 25.6 Å². The number of carbonyl (C=O) groups excluding carboxylic acids is 4. The molecule has 2 heterocycles. The van der Waals surface area contributed by atoms with E-state index in [0.717, 1.165) is 31.2 Å². The Kier molecular flexibility index (Phi) is 10.3. The lowest BCUT2D eigenvalue weighted by molar-refractivity contribution is -0.149. The first kappa shape index (κ1) is 32.6. The molecule has 5 rings (SSSR count). The van der Waals surface area contributed by atoms with Gasteiger partial charge in [0.05, 0.1) is 25.8 Å². The summed E-state index contributed by atoms with van der Waals surface area (Å²) in [6.07, 6.45) is 7.09. The second kappa shape index (κ2) is 14.6. The van der Waals surface area contributed by atoms with Gasteiger partial charge in [0.25, 0.3) is 0 Å². The third-order valence-electron chi connectivity index (χ3n) is 8.76. The summed E-state index contributed by atoms with van der Waals surface area (Å²) in [5.74, 6) is -1.17. The monoisotopic (exact) mass is 632 g/mol. The highest BCUT2D eigenvalue weighted by molar-refractivity contribution is 5.95. The predicted molar refractivity (Wildman–Crippen MR) is 168 cm³/mol. The summed E-state index contributed by atoms with van der Waals surface area (Å²) < 4.78 is 16.4. The van der Waals surface area contributed by atoms with E-state index in [1.54, 1.807) is 18.9 Å². The number of allylic oxidation sites excluding steroid dienone is 1. The SMILES string of the molecule is CCOC(=O)[C@@]12C[C@@H]1/C=C\CCCCCN(Cc1ccc(OC)cc1)C(=O)N1C[C@H](OC(=O)c3ccc(N=O)cc3)C[C@H]1C(=O)N2. The number of esters is 2. The van der Waals surface area contributed by atoms with Crippen LogP contribution in [0, 0.1) is 10.8 Å². The largest absolute Gasteiger partial charge is 0.497 e. The molecule has 0 unspecified atom stereocenters. The Morgan fingerprint density at radius 1 is 1.04 bits per heavy atom. The molecule has 12 nitrogen and oxygen atoms in total. The Balaban J connectivity index is 1.42. The third-order valence-corrected chi connectivity index (χ3v) is 8.76. The fourth-order valence-corrected chi connectivity index (χ4v) is 6.11. The number of nitroso groups, excluding NO2 is 1. The van der Waals surface area contributed by atoms with E-state index in [9.17, 15) is 24.1 Å². The third kappa shape index (κ3) is 7.38. The normalized spacial score (nSPS) is 25.6. The van der Waals surface area contributed by atoms with Gasteiger partial charge >= 0.3 is 18.0 Å². The van der Waals surface area contributed by atoms with Crippen LogP contribution in [0.2, 0.25) is 0 Å². The molecule has 0 bridgehead atoms. The van der Waals surface area contributed by atoms with Crippen LogP contribution in [0.15, 0.2) is 65.9 Å². The predicted octanol–water partition coefficient (Wildman–Crippen LogP) is 4.88. The smallest absolute Gasteiger partial charge is 0.338 e. The molecule has 1 saturated heterocycles. The zero-order valence-corrected chi connectivity index (χ0v) is 26.2. The number of methoxy groups -OCH3 is 1. The molecule has 4 atom stereocenters. The first-order chi connectivity index (χ1) is 22.3. The highest BCUT2D eigenvalue weighted by atomic mass is 16.5. The minimum absolute atomic E-state index is 0.00845. The Morgan fingerprint density at radius 2 is 1.80 bits per heavy atom. The van der Waals surface area contributed by atoms with Crippen molar-refractivity contribution in [1.82, 2.24) is 15.1 Å². The van der Waals surface area contributed by atoms with E-state index in [4.69, 9.17) is 14.2 Å². The van der Waals surface area contributed by atoms with Gasteiger partial charge < -0.3 is 29.3 Å². The highest BCUT2D eigenvalue weighted by Crippen LogP contribution is 2.46. The van der Waals surface area contributed by atoms with E-state index >= 15 is 0 Å². The molecular formula is C34H40N4O8. The average Bonchev–Trinajstić information content (AvgIpc) is 3.60. The van der Waals surface area contributed by atoms with Crippen molar-refractivity contribution in [2.24, 2.45) is 11.1 Å². The molecule has 1 N–H and O–H groups in total. The number of ether oxygens (including phenoxy) is 3. The van der Waals surface area contributed by atoms with Crippen LogP contribution in [0.4, 0.5) is 10.5 Å². The van der Waals surface area contributed by atoms with Gasteiger partial charge in [-0.2, -0.15) is 0 Å². The summed E-state index contributed by atoms with van der Waals surface area (Å²) in [4.78, 5) is 68.3. The van der Waals surface area contributed by atoms with E-state index in [2.05, 4.69) is 10.5 Å². The van der Waals surface area contributed by atoms with Gasteiger partial charge in [-0.3, -0.25) is 4.79 Å². The van der Waals surface area contributed by atoms with Crippen molar-refractivity contribution < 1.29 is 33.4 Å². The minimum Gasteiger partial charge on any atom is -0.497 e. The molecule has 1 saturated carbocycles. The molecule has 3 aliphatic rings. The van der Waals surface area contributed by atoms with Gasteiger partial charge in [-0.15, -0.1) is 4.91 Å². The number of benzene rings is 2. The van der Waals surface area contributed by atoms with E-state index < -0.39 is 35.5 Å². The van der Waals surface area contributed by atoms with Crippen molar-refractivity contribution >= 4 is 29.6 Å². The molecule has 0 radical (unpaired) electrons. The van der Waals surface area contributed by atoms with Crippen LogP contribution in [-0.4, -0.2) is 78.2 Å². The molecule has 46 heavy (non-hydrogen) atoms. The zero-order chi connectivity index (χ0) is 32.7. The molecule has 0 aromatic heterocycles. The number of urea groups is 1. The second-order valence-corrected chi connectivity index (χ2v) is 11.9. The topological polar surface area (TPSA) is 144 Å². The standard InChI is InChI=1S/C34H40N4O8/c1-3-45-32(41)34-20-25(34)9-7-5-4-6-8-18-37(21-23-10-16-27(44-2)17-11-23)33(42)38-22-28(19-29(38)30(39)35-34)46-31(40)24-12-14-26(36-43)15-13-24/h7,9-17,25,28-29H,3-6,8,18-22H2,1-2H3,(H,35,39)/b9-7-/t25-,28+,29-,34+/m0/s1. The first-order valence-corrected chi connectivity index (χ1v) is 15.8. The number of amides is 3. The van der Waals surface area contributed by atoms with Crippen LogP contribution < -0.4 is 10.1 Å². The maximum Gasteiger partial charge on any atom is 0.338 e. The van der Waals surface area contributed by atoms with Gasteiger partial charge in [-0.1, -0.05) is 30.7 Å². The average molecular weight is 633 g/mol. The number of hydrogen-bond acceptors (Lipinski definition) is 9. The van der Waals surface area contributed by atoms with Crippen molar-refractivity contribution in [1.29, 1.82) is 0 Å². The molecule has 0 spiro atoms. The van der Waals surface area contributed by atoms with Crippen molar-refractivity contribution in [2.75, 3.05) is 26.8 Å². The summed E-state index contributed by atoms with van der Waals surface area (Å²) in [5, 5.41) is 5.79. The minimum atomic E-state index is -1.20. The molecule has 2 fully saturated rings. The van der Waals surface area contributed by atoms with Crippen LogP contribution >= 0.6 is 0 Å². The van der Waals surface area contributed by atoms with E-state index in [1.807, 2.05) is 36.4 Å². The number of fused-ring (bicyclic) bond motifs is 2. The lowest BCUT2D eigenvalue weighted by Gasteiger charge is -2.32. The van der Waals surface area contributed by atoms with Crippen LogP contribution in [0.1, 0.15) is 61.4 Å². The van der Waals surface area contributed by atoms with Gasteiger partial charge in [0.2, 0.25) is 5.91 Å². The molecule has 2 aromatic rings. The van der Waals surface area contributed by atoms with Crippen LogP contribution in [0.25, 0.3) is 0 Å². The Labute approximate surface area is 268 Å². The van der Waals surface area contributed by atoms with E-state index in [-0.39, 0.29) is 42.8 Å². The molecule has 244 valence electrons. The summed E-state index contributed by atoms with van der Waals surface area (Å²) in [6, 6.07) is 11.8. The maximum absolute atomic E-state index is 14.3. The molecule has 2 aliphatic heterocycles. The second-order valence-electron chi connectivity index (χ2n) is 11.9. The zero-order valence-electron chi connectivity index (χ0n) is 26.2. The van der Waals surface area contributed by atoms with Crippen molar-refractivity contribution in [2.45, 2.75) is 69.7 Å². The van der Waals surface area contributed by atoms with E-state index in [1.165, 1.54) is 29.2 Å². The Morgan fingerprint density at radius 3 is 2.50 bits per heavy atom. The lowest BCUT2D eigenvalue weighted by Crippen LogP contribution is -2.55. The summed E-state index contributed by atoms with van der Waals surface area (Å²) in [5.41, 5.74) is 0.0761. The van der Waals surface area contributed by atoms with Crippen LogP contribution in [0.5, 0.6) is 5.75 Å². The number of nitrogens with zero attached hydrogens (tertiary/aromatic N) is 3. The van der Waals surface area contributed by atoms with Gasteiger partial charge in [0.1, 0.15) is 29.1 Å². The Hall–Kier alpha value is -4.74. The lowest BCUT2D eigenvalue weighted by atomic mass is 10.1. The summed E-state index contributed by atoms with van der Waals surface area (Å²) >= 11 is 0. The number of rotatable bonds is 8. The number of nitrogens with one attached hydrogen (secondary N) is 1. The first-order valence-electron chi connectivity index (χ1n) is 15.8. The Bertz CT molecular complexity index is 1460. The molecule has 2 aromatic carbocycles. The van der Waals surface area contributed by atoms with Gasteiger partial charge in [-0.05, 0) is 79.7 Å². The fraction of sp³-hybridized carbons (Fsp3) is 0.471. The van der Waals surface area contributed by atoms with Gasteiger partial charge in [0, 0.05) is 25.4 Å². The van der Waals surface area contributed by atoms with Gasteiger partial charge in [0.15, 0.2) is 0 Å². The van der Waals surface area contributed by atoms with Crippen molar-refractivity contribution in [3.8, 4) is 5.75 Å². The van der Waals surface area contributed by atoms with Crippen LogP contribution in [0.3, 0.4) is 0 Å². The molecule has 12 heteroatoms. The van der Waals surface area contributed by atoms with Gasteiger partial charge in [-0.25, -0.2) is 14.4 Å². The summed E-state index contributed by atoms with van der Waals surface area (Å²) in [6.45, 7) is 2.65. The maximum atomic E-state index is 14.3. The fourth-order valence-electron chi connectivity index (χ4n) is 6.11. The molecule has 3 amide bonds. The quantitative estimate of drug-likeness (QED) is 0.246. The highest BCUT2D eigenvalue weighted by Gasteiger charge is 2.62.